The number of esters is 1. The third-order valence-corrected chi connectivity index (χ3v) is 3.72. The lowest BCUT2D eigenvalue weighted by atomic mass is 10.1. The van der Waals surface area contributed by atoms with Crippen LogP contribution in [0.25, 0.3) is 0 Å². The number of rotatable bonds is 7. The Kier molecular flexibility index (Phi) is 6.52. The van der Waals surface area contributed by atoms with E-state index in [0.717, 1.165) is 11.3 Å². The summed E-state index contributed by atoms with van der Waals surface area (Å²) in [5.41, 5.74) is 1.92. The van der Waals surface area contributed by atoms with Crippen LogP contribution in [0.3, 0.4) is 0 Å². The first-order valence-electron chi connectivity index (χ1n) is 7.11. The summed E-state index contributed by atoms with van der Waals surface area (Å²) in [6.45, 7) is 0.713. The fourth-order valence-electron chi connectivity index (χ4n) is 1.90. The summed E-state index contributed by atoms with van der Waals surface area (Å²) in [5, 5.41) is 9.04. The van der Waals surface area contributed by atoms with Gasteiger partial charge in [-0.05, 0) is 36.6 Å². The maximum absolute atomic E-state index is 11.8. The molecule has 0 N–H and O–H groups in total. The largest absolute Gasteiger partial charge is 0.489 e. The lowest BCUT2D eigenvalue weighted by molar-refractivity contribution is 0.0530. The van der Waals surface area contributed by atoms with Gasteiger partial charge >= 0.3 is 5.97 Å². The number of nitrogens with zero attached hydrogens (tertiary/aromatic N) is 1. The molecule has 0 bridgehead atoms. The molecular weight excluding hydrogens is 310 g/mol. The average molecular weight is 327 g/mol. The number of ether oxygens (including phenoxy) is 2. The molecule has 0 atom stereocenters. The van der Waals surface area contributed by atoms with Crippen molar-refractivity contribution in [3.05, 3.63) is 65.2 Å². The lowest BCUT2D eigenvalue weighted by Crippen LogP contribution is -2.07. The van der Waals surface area contributed by atoms with Crippen molar-refractivity contribution in [1.29, 1.82) is 5.26 Å². The van der Waals surface area contributed by atoms with E-state index >= 15 is 0 Å². The van der Waals surface area contributed by atoms with Gasteiger partial charge in [0.25, 0.3) is 0 Å². The SMILES string of the molecule is CSCCOC(=O)c1ccc(OCc2ccccc2C#N)cc1. The molecule has 0 radical (unpaired) electrons. The van der Waals surface area contributed by atoms with Crippen LogP contribution in [0.1, 0.15) is 21.5 Å². The van der Waals surface area contributed by atoms with Gasteiger partial charge in [-0.1, -0.05) is 18.2 Å². The van der Waals surface area contributed by atoms with Crippen molar-refractivity contribution in [1.82, 2.24) is 0 Å². The molecule has 0 saturated heterocycles. The third kappa shape index (κ3) is 5.04. The minimum absolute atomic E-state index is 0.307. The molecule has 5 heteroatoms. The van der Waals surface area contributed by atoms with Crippen molar-refractivity contribution >= 4 is 17.7 Å². The summed E-state index contributed by atoms with van der Waals surface area (Å²) >= 11 is 1.63. The highest BCUT2D eigenvalue weighted by atomic mass is 32.2. The zero-order valence-corrected chi connectivity index (χ0v) is 13.6. The zero-order chi connectivity index (χ0) is 16.5. The molecule has 0 heterocycles. The van der Waals surface area contributed by atoms with E-state index in [2.05, 4.69) is 6.07 Å². The second-order valence-corrected chi connectivity index (χ2v) is 5.70. The van der Waals surface area contributed by atoms with E-state index in [4.69, 9.17) is 14.7 Å². The van der Waals surface area contributed by atoms with Gasteiger partial charge in [0.1, 0.15) is 19.0 Å². The Hall–Kier alpha value is -2.45. The molecule has 0 saturated carbocycles. The van der Waals surface area contributed by atoms with Crippen molar-refractivity contribution < 1.29 is 14.3 Å². The normalized spacial score (nSPS) is 9.91. The third-order valence-electron chi connectivity index (χ3n) is 3.14. The van der Waals surface area contributed by atoms with E-state index in [1.807, 2.05) is 24.5 Å². The van der Waals surface area contributed by atoms with Crippen LogP contribution >= 0.6 is 11.8 Å². The summed E-state index contributed by atoms with van der Waals surface area (Å²) in [4.78, 5) is 11.8. The van der Waals surface area contributed by atoms with E-state index in [1.165, 1.54) is 0 Å². The molecule has 4 nitrogen and oxygen atoms in total. The van der Waals surface area contributed by atoms with Crippen LogP contribution in [0.5, 0.6) is 5.75 Å². The molecule has 0 aliphatic carbocycles. The highest BCUT2D eigenvalue weighted by Gasteiger charge is 2.07. The predicted molar refractivity (Wildman–Crippen MR) is 90.6 cm³/mol. The number of thioether (sulfide) groups is 1. The Morgan fingerprint density at radius 2 is 1.91 bits per heavy atom. The van der Waals surface area contributed by atoms with Crippen molar-refractivity contribution in [3.63, 3.8) is 0 Å². The minimum Gasteiger partial charge on any atom is -0.489 e. The molecule has 0 spiro atoms. The molecular formula is C18H17NO3S. The van der Waals surface area contributed by atoms with E-state index in [9.17, 15) is 4.79 Å². The minimum atomic E-state index is -0.333. The molecule has 0 aliphatic heterocycles. The summed E-state index contributed by atoms with van der Waals surface area (Å²) in [6.07, 6.45) is 1.96. The maximum atomic E-state index is 11.8. The van der Waals surface area contributed by atoms with Gasteiger partial charge in [0, 0.05) is 11.3 Å². The van der Waals surface area contributed by atoms with Crippen LogP contribution in [0, 0.1) is 11.3 Å². The quantitative estimate of drug-likeness (QED) is 0.574. The molecule has 23 heavy (non-hydrogen) atoms. The van der Waals surface area contributed by atoms with Gasteiger partial charge in [-0.2, -0.15) is 17.0 Å². The van der Waals surface area contributed by atoms with Crippen LogP contribution in [-0.4, -0.2) is 24.6 Å². The Morgan fingerprint density at radius 3 is 2.61 bits per heavy atom. The molecule has 2 aromatic rings. The first kappa shape index (κ1) is 16.9. The molecule has 0 amide bonds. The van der Waals surface area contributed by atoms with Gasteiger partial charge in [0.05, 0.1) is 17.2 Å². The molecule has 0 aromatic heterocycles. The summed E-state index contributed by atoms with van der Waals surface area (Å²) in [6, 6.07) is 16.2. The van der Waals surface area contributed by atoms with E-state index in [0.29, 0.717) is 30.1 Å². The Morgan fingerprint density at radius 1 is 1.17 bits per heavy atom. The summed E-state index contributed by atoms with van der Waals surface area (Å²) < 4.78 is 10.8. The van der Waals surface area contributed by atoms with E-state index < -0.39 is 0 Å². The second kappa shape index (κ2) is 8.86. The van der Waals surface area contributed by atoms with Crippen LogP contribution in [0.15, 0.2) is 48.5 Å². The molecule has 2 rings (SSSR count). The van der Waals surface area contributed by atoms with E-state index in [-0.39, 0.29) is 5.97 Å². The number of hydrogen-bond acceptors (Lipinski definition) is 5. The highest BCUT2D eigenvalue weighted by molar-refractivity contribution is 7.98. The Bertz CT molecular complexity index is 692. The van der Waals surface area contributed by atoms with Gasteiger partial charge in [0.15, 0.2) is 0 Å². The monoisotopic (exact) mass is 327 g/mol. The second-order valence-electron chi connectivity index (χ2n) is 4.71. The van der Waals surface area contributed by atoms with Crippen LogP contribution in [-0.2, 0) is 11.3 Å². The van der Waals surface area contributed by atoms with Gasteiger partial charge in [-0.25, -0.2) is 4.79 Å². The molecule has 0 unspecified atom stereocenters. The highest BCUT2D eigenvalue weighted by Crippen LogP contribution is 2.16. The first-order chi connectivity index (χ1) is 11.2. The molecule has 0 fully saturated rings. The summed E-state index contributed by atoms with van der Waals surface area (Å²) in [7, 11) is 0. The van der Waals surface area contributed by atoms with Crippen molar-refractivity contribution in [2.45, 2.75) is 6.61 Å². The number of hydrogen-bond donors (Lipinski definition) is 0. The Balaban J connectivity index is 1.92. The van der Waals surface area contributed by atoms with Gasteiger partial charge in [-0.15, -0.1) is 0 Å². The zero-order valence-electron chi connectivity index (χ0n) is 12.8. The van der Waals surface area contributed by atoms with Crippen molar-refractivity contribution in [3.8, 4) is 11.8 Å². The van der Waals surface area contributed by atoms with Crippen molar-refractivity contribution in [2.75, 3.05) is 18.6 Å². The van der Waals surface area contributed by atoms with Crippen molar-refractivity contribution in [2.24, 2.45) is 0 Å². The van der Waals surface area contributed by atoms with Crippen LogP contribution in [0.2, 0.25) is 0 Å². The van der Waals surface area contributed by atoms with Gasteiger partial charge in [-0.3, -0.25) is 0 Å². The number of nitriles is 1. The van der Waals surface area contributed by atoms with Gasteiger partial charge in [0.2, 0.25) is 0 Å². The van der Waals surface area contributed by atoms with Gasteiger partial charge < -0.3 is 9.47 Å². The fourth-order valence-corrected chi connectivity index (χ4v) is 2.15. The van der Waals surface area contributed by atoms with Crippen LogP contribution < -0.4 is 4.74 Å². The molecule has 2 aromatic carbocycles. The smallest absolute Gasteiger partial charge is 0.338 e. The average Bonchev–Trinajstić information content (AvgIpc) is 2.60. The number of carbonyl (C=O) groups is 1. The molecule has 0 aliphatic rings. The number of carbonyl (C=O) groups excluding carboxylic acids is 1. The lowest BCUT2D eigenvalue weighted by Gasteiger charge is -2.08. The molecule has 118 valence electrons. The first-order valence-corrected chi connectivity index (χ1v) is 8.51. The topological polar surface area (TPSA) is 59.3 Å². The maximum Gasteiger partial charge on any atom is 0.338 e. The predicted octanol–water partition coefficient (Wildman–Crippen LogP) is 3.66. The van der Waals surface area contributed by atoms with E-state index in [1.54, 1.807) is 42.1 Å². The Labute approximate surface area is 140 Å². The van der Waals surface area contributed by atoms with Crippen LogP contribution in [0.4, 0.5) is 0 Å². The number of benzene rings is 2. The summed E-state index contributed by atoms with van der Waals surface area (Å²) in [5.74, 6) is 1.09. The standard InChI is InChI=1S/C18H17NO3S/c1-23-11-10-21-18(20)14-6-8-17(9-7-14)22-13-16-5-3-2-4-15(16)12-19/h2-9H,10-11,13H2,1H3. The fraction of sp³-hybridized carbons (Fsp3) is 0.222.